The van der Waals surface area contributed by atoms with Crippen LogP contribution in [0, 0.1) is 11.3 Å². The normalized spacial score (nSPS) is 20.5. The fourth-order valence-electron chi connectivity index (χ4n) is 2.90. The second kappa shape index (κ2) is 8.54. The standard InChI is InChI=1S/C17H22N2O3S2/c1-23-16-6-4-5-15(16)19-17(20)13-7-9-14(10-8-13)24(21,22)12-3-2-11-18/h7-10,15-16H,2-6,12H2,1H3,(H,19,20). The van der Waals surface area contributed by atoms with E-state index in [1.54, 1.807) is 23.9 Å². The molecule has 0 aliphatic heterocycles. The van der Waals surface area contributed by atoms with E-state index in [0.29, 0.717) is 17.2 Å². The molecule has 0 bridgehead atoms. The van der Waals surface area contributed by atoms with Crippen molar-refractivity contribution in [2.24, 2.45) is 0 Å². The van der Waals surface area contributed by atoms with E-state index in [-0.39, 0.29) is 29.0 Å². The molecular formula is C17H22N2O3S2. The summed E-state index contributed by atoms with van der Waals surface area (Å²) in [6.45, 7) is 0. The Labute approximate surface area is 147 Å². The van der Waals surface area contributed by atoms with Crippen LogP contribution in [0.5, 0.6) is 0 Å². The van der Waals surface area contributed by atoms with Crippen LogP contribution in [-0.2, 0) is 9.84 Å². The summed E-state index contributed by atoms with van der Waals surface area (Å²) >= 11 is 1.78. The van der Waals surface area contributed by atoms with Crippen LogP contribution in [-0.4, -0.2) is 37.6 Å². The zero-order valence-corrected chi connectivity index (χ0v) is 15.3. The number of carbonyl (C=O) groups is 1. The number of amides is 1. The van der Waals surface area contributed by atoms with Crippen LogP contribution in [0.15, 0.2) is 29.2 Å². The maximum absolute atomic E-state index is 12.3. The van der Waals surface area contributed by atoms with Gasteiger partial charge < -0.3 is 5.32 Å². The van der Waals surface area contributed by atoms with Crippen LogP contribution in [0.1, 0.15) is 42.5 Å². The third-order valence-electron chi connectivity index (χ3n) is 4.25. The molecule has 1 aromatic carbocycles. The molecule has 2 unspecified atom stereocenters. The number of sulfone groups is 1. The molecule has 0 spiro atoms. The molecule has 1 fully saturated rings. The maximum Gasteiger partial charge on any atom is 0.251 e. The van der Waals surface area contributed by atoms with Gasteiger partial charge in [0.15, 0.2) is 9.84 Å². The van der Waals surface area contributed by atoms with Gasteiger partial charge in [0.25, 0.3) is 5.91 Å². The minimum Gasteiger partial charge on any atom is -0.348 e. The van der Waals surface area contributed by atoms with Gasteiger partial charge in [-0.15, -0.1) is 0 Å². The Kier molecular flexibility index (Phi) is 6.69. The molecule has 2 rings (SSSR count). The number of nitrogens with one attached hydrogen (secondary N) is 1. The molecule has 5 nitrogen and oxygen atoms in total. The SMILES string of the molecule is CSC1CCCC1NC(=O)c1ccc(S(=O)(=O)CCCC#N)cc1. The van der Waals surface area contributed by atoms with E-state index in [2.05, 4.69) is 11.6 Å². The summed E-state index contributed by atoms with van der Waals surface area (Å²) < 4.78 is 24.3. The molecule has 1 aliphatic rings. The zero-order valence-electron chi connectivity index (χ0n) is 13.7. The highest BCUT2D eigenvalue weighted by atomic mass is 32.2. The first-order chi connectivity index (χ1) is 11.5. The van der Waals surface area contributed by atoms with Crippen molar-refractivity contribution in [2.75, 3.05) is 12.0 Å². The molecule has 0 radical (unpaired) electrons. The minimum atomic E-state index is -3.40. The minimum absolute atomic E-state index is 0.0520. The van der Waals surface area contributed by atoms with Gasteiger partial charge in [-0.3, -0.25) is 4.79 Å². The molecule has 0 aromatic heterocycles. The monoisotopic (exact) mass is 366 g/mol. The Morgan fingerprint density at radius 2 is 2.04 bits per heavy atom. The number of rotatable bonds is 7. The van der Waals surface area contributed by atoms with Crippen LogP contribution in [0.2, 0.25) is 0 Å². The van der Waals surface area contributed by atoms with Crippen LogP contribution >= 0.6 is 11.8 Å². The third kappa shape index (κ3) is 4.74. The summed E-state index contributed by atoms with van der Waals surface area (Å²) in [5.74, 6) is -0.210. The van der Waals surface area contributed by atoms with Gasteiger partial charge in [0.1, 0.15) is 0 Å². The van der Waals surface area contributed by atoms with Crippen LogP contribution < -0.4 is 5.32 Å². The average Bonchev–Trinajstić information content (AvgIpc) is 3.02. The lowest BCUT2D eigenvalue weighted by molar-refractivity contribution is 0.0938. The fraction of sp³-hybridized carbons (Fsp3) is 0.529. The molecule has 7 heteroatoms. The smallest absolute Gasteiger partial charge is 0.251 e. The fourth-order valence-corrected chi connectivity index (χ4v) is 5.14. The lowest BCUT2D eigenvalue weighted by atomic mass is 10.2. The van der Waals surface area contributed by atoms with Crippen LogP contribution in [0.4, 0.5) is 0 Å². The molecule has 1 aromatic rings. The van der Waals surface area contributed by atoms with Gasteiger partial charge in [0.2, 0.25) is 0 Å². The Balaban J connectivity index is 2.01. The zero-order chi connectivity index (χ0) is 17.6. The van der Waals surface area contributed by atoms with Crippen molar-refractivity contribution < 1.29 is 13.2 Å². The Bertz CT molecular complexity index is 708. The predicted molar refractivity (Wildman–Crippen MR) is 95.8 cm³/mol. The third-order valence-corrected chi connectivity index (χ3v) is 7.24. The van der Waals surface area contributed by atoms with E-state index in [4.69, 9.17) is 5.26 Å². The number of hydrogen-bond acceptors (Lipinski definition) is 5. The summed E-state index contributed by atoms with van der Waals surface area (Å²) in [5, 5.41) is 12.0. The lowest BCUT2D eigenvalue weighted by Gasteiger charge is -2.19. The molecule has 0 heterocycles. The van der Waals surface area contributed by atoms with Crippen molar-refractivity contribution in [2.45, 2.75) is 48.3 Å². The number of carbonyl (C=O) groups excluding carboxylic acids is 1. The molecule has 24 heavy (non-hydrogen) atoms. The molecule has 0 saturated heterocycles. The summed E-state index contributed by atoms with van der Waals surface area (Å²) in [6.07, 6.45) is 5.82. The Morgan fingerprint density at radius 1 is 1.33 bits per heavy atom. The van der Waals surface area contributed by atoms with E-state index in [1.165, 1.54) is 12.1 Å². The summed E-state index contributed by atoms with van der Waals surface area (Å²) in [7, 11) is -3.40. The number of unbranched alkanes of at least 4 members (excludes halogenated alkanes) is 1. The van der Waals surface area contributed by atoms with Gasteiger partial charge in [-0.25, -0.2) is 8.42 Å². The molecular weight excluding hydrogens is 344 g/mol. The summed E-state index contributed by atoms with van der Waals surface area (Å²) in [6, 6.07) is 8.16. The molecule has 1 N–H and O–H groups in total. The van der Waals surface area contributed by atoms with E-state index in [1.807, 2.05) is 6.07 Å². The van der Waals surface area contributed by atoms with Crippen molar-refractivity contribution in [1.29, 1.82) is 5.26 Å². The van der Waals surface area contributed by atoms with E-state index >= 15 is 0 Å². The lowest BCUT2D eigenvalue weighted by Crippen LogP contribution is -2.38. The molecule has 1 saturated carbocycles. The first-order valence-corrected chi connectivity index (χ1v) is 11.0. The highest BCUT2D eigenvalue weighted by molar-refractivity contribution is 7.99. The molecule has 130 valence electrons. The highest BCUT2D eigenvalue weighted by Crippen LogP contribution is 2.28. The number of nitriles is 1. The number of nitrogens with zero attached hydrogens (tertiary/aromatic N) is 1. The van der Waals surface area contributed by atoms with Crippen LogP contribution in [0.25, 0.3) is 0 Å². The summed E-state index contributed by atoms with van der Waals surface area (Å²) in [4.78, 5) is 12.5. The number of thioether (sulfide) groups is 1. The number of hydrogen-bond donors (Lipinski definition) is 1. The van der Waals surface area contributed by atoms with Crippen molar-refractivity contribution in [3.63, 3.8) is 0 Å². The second-order valence-electron chi connectivity index (χ2n) is 5.89. The van der Waals surface area contributed by atoms with Crippen LogP contribution in [0.3, 0.4) is 0 Å². The topological polar surface area (TPSA) is 87.0 Å². The highest BCUT2D eigenvalue weighted by Gasteiger charge is 2.28. The van der Waals surface area contributed by atoms with Gasteiger partial charge in [-0.1, -0.05) is 6.42 Å². The van der Waals surface area contributed by atoms with E-state index in [0.717, 1.165) is 19.3 Å². The molecule has 2 atom stereocenters. The Hall–Kier alpha value is -1.52. The van der Waals surface area contributed by atoms with Crippen molar-refractivity contribution in [3.8, 4) is 6.07 Å². The largest absolute Gasteiger partial charge is 0.348 e. The van der Waals surface area contributed by atoms with Gasteiger partial charge in [0, 0.05) is 23.3 Å². The molecule has 1 amide bonds. The van der Waals surface area contributed by atoms with Crippen molar-refractivity contribution in [1.82, 2.24) is 5.32 Å². The second-order valence-corrected chi connectivity index (χ2v) is 9.08. The maximum atomic E-state index is 12.3. The quantitative estimate of drug-likeness (QED) is 0.750. The number of benzene rings is 1. The van der Waals surface area contributed by atoms with Crippen molar-refractivity contribution in [3.05, 3.63) is 29.8 Å². The summed E-state index contributed by atoms with van der Waals surface area (Å²) in [5.41, 5.74) is 0.470. The molecule has 1 aliphatic carbocycles. The van der Waals surface area contributed by atoms with Gasteiger partial charge in [-0.05, 0) is 49.8 Å². The van der Waals surface area contributed by atoms with Crippen molar-refractivity contribution >= 4 is 27.5 Å². The van der Waals surface area contributed by atoms with Gasteiger partial charge in [0.05, 0.1) is 16.7 Å². The Morgan fingerprint density at radius 3 is 2.67 bits per heavy atom. The van der Waals surface area contributed by atoms with E-state index < -0.39 is 9.84 Å². The van der Waals surface area contributed by atoms with Gasteiger partial charge in [-0.2, -0.15) is 17.0 Å². The first-order valence-electron chi connectivity index (χ1n) is 8.01. The average molecular weight is 367 g/mol. The predicted octanol–water partition coefficient (Wildman–Crippen LogP) is 2.78. The van der Waals surface area contributed by atoms with E-state index in [9.17, 15) is 13.2 Å². The first kappa shape index (κ1) is 18.8. The van der Waals surface area contributed by atoms with Gasteiger partial charge >= 0.3 is 0 Å².